The fraction of sp³-hybridized carbons (Fsp3) is 0.435. The lowest BCUT2D eigenvalue weighted by Gasteiger charge is -2.36. The molecule has 1 atom stereocenters. The van der Waals surface area contributed by atoms with Crippen molar-refractivity contribution in [3.63, 3.8) is 0 Å². The minimum Gasteiger partial charge on any atom is -0.496 e. The van der Waals surface area contributed by atoms with Gasteiger partial charge in [0, 0.05) is 34.8 Å². The Bertz CT molecular complexity index is 980. The molecule has 0 spiro atoms. The third kappa shape index (κ3) is 4.71. The van der Waals surface area contributed by atoms with Crippen LogP contribution in [0.1, 0.15) is 24.0 Å². The number of anilines is 1. The zero-order valence-electron chi connectivity index (χ0n) is 18.4. The molecule has 0 aromatic heterocycles. The molecule has 1 saturated heterocycles. The Balaban J connectivity index is 1.78. The first-order valence-corrected chi connectivity index (χ1v) is 11.5. The maximum atomic E-state index is 7.01. The molecule has 2 aliphatic heterocycles. The van der Waals surface area contributed by atoms with E-state index in [1.165, 1.54) is 0 Å². The largest absolute Gasteiger partial charge is 0.496 e. The van der Waals surface area contributed by atoms with Crippen molar-refractivity contribution in [2.45, 2.75) is 24.5 Å². The number of hydrogen-bond donors (Lipinski definition) is 4. The van der Waals surface area contributed by atoms with Gasteiger partial charge in [0.05, 0.1) is 31.4 Å². The number of halogens is 1. The molecule has 172 valence electrons. The molecule has 0 amide bonds. The predicted molar refractivity (Wildman–Crippen MR) is 130 cm³/mol. The SMILES string of the molecule is COCCOc1cc2c(cc1NC1CCNCC1)C(N)(c1cc(Br)ccc1OC)NC=N2. The number of nitrogens with one attached hydrogen (secondary N) is 3. The van der Waals surface area contributed by atoms with Crippen LogP contribution in [0.15, 0.2) is 39.8 Å². The number of ether oxygens (including phenoxy) is 3. The summed E-state index contributed by atoms with van der Waals surface area (Å²) in [5.41, 5.74) is 9.28. The summed E-state index contributed by atoms with van der Waals surface area (Å²) in [5, 5.41) is 10.3. The van der Waals surface area contributed by atoms with E-state index in [2.05, 4.69) is 36.9 Å². The van der Waals surface area contributed by atoms with E-state index in [0.29, 0.717) is 25.0 Å². The van der Waals surface area contributed by atoms with Crippen molar-refractivity contribution < 1.29 is 14.2 Å². The summed E-state index contributed by atoms with van der Waals surface area (Å²) in [5.74, 6) is 1.43. The average molecular weight is 504 g/mol. The summed E-state index contributed by atoms with van der Waals surface area (Å²) in [7, 11) is 3.30. The zero-order valence-corrected chi connectivity index (χ0v) is 20.0. The van der Waals surface area contributed by atoms with E-state index in [1.54, 1.807) is 20.6 Å². The van der Waals surface area contributed by atoms with Crippen LogP contribution in [-0.2, 0) is 10.4 Å². The van der Waals surface area contributed by atoms with E-state index >= 15 is 0 Å². The summed E-state index contributed by atoms with van der Waals surface area (Å²) >= 11 is 3.56. The van der Waals surface area contributed by atoms with E-state index in [-0.39, 0.29) is 0 Å². The second kappa shape index (κ2) is 10.1. The van der Waals surface area contributed by atoms with E-state index in [4.69, 9.17) is 19.9 Å². The van der Waals surface area contributed by atoms with Crippen LogP contribution >= 0.6 is 15.9 Å². The molecule has 2 aromatic rings. The number of benzene rings is 2. The van der Waals surface area contributed by atoms with Crippen LogP contribution in [0.2, 0.25) is 0 Å². The highest BCUT2D eigenvalue weighted by Gasteiger charge is 2.37. The number of piperidine rings is 1. The van der Waals surface area contributed by atoms with Crippen LogP contribution in [0.3, 0.4) is 0 Å². The standard InChI is InChI=1S/C23H30BrN5O3/c1-30-9-10-32-22-13-19-17(12-20(22)29-16-5-7-26-8-6-16)23(25,28-14-27-19)18-11-15(24)3-4-21(18)31-2/h3-4,11-14,16,26,29H,5-10,25H2,1-2H3,(H,27,28). The monoisotopic (exact) mass is 503 g/mol. The molecule has 1 fully saturated rings. The molecule has 4 rings (SSSR count). The summed E-state index contributed by atoms with van der Waals surface area (Å²) in [6, 6.07) is 10.1. The lowest BCUT2D eigenvalue weighted by atomic mass is 9.88. The molecular weight excluding hydrogens is 474 g/mol. The molecule has 0 aliphatic carbocycles. The first kappa shape index (κ1) is 22.8. The fourth-order valence-corrected chi connectivity index (χ4v) is 4.50. The van der Waals surface area contributed by atoms with Crippen molar-refractivity contribution in [3.05, 3.63) is 45.9 Å². The van der Waals surface area contributed by atoms with Gasteiger partial charge in [-0.1, -0.05) is 15.9 Å². The molecule has 1 unspecified atom stereocenters. The molecule has 32 heavy (non-hydrogen) atoms. The van der Waals surface area contributed by atoms with Crippen LogP contribution in [0, 0.1) is 0 Å². The highest BCUT2D eigenvalue weighted by molar-refractivity contribution is 9.10. The van der Waals surface area contributed by atoms with Gasteiger partial charge >= 0.3 is 0 Å². The van der Waals surface area contributed by atoms with E-state index in [1.807, 2.05) is 30.3 Å². The third-order valence-electron chi connectivity index (χ3n) is 5.85. The molecule has 0 radical (unpaired) electrons. The van der Waals surface area contributed by atoms with Crippen LogP contribution < -0.4 is 31.2 Å². The number of rotatable bonds is 8. The maximum absolute atomic E-state index is 7.01. The molecule has 9 heteroatoms. The minimum absolute atomic E-state index is 0.353. The van der Waals surface area contributed by atoms with Crippen molar-refractivity contribution >= 4 is 33.6 Å². The van der Waals surface area contributed by atoms with E-state index in [0.717, 1.165) is 58.7 Å². The van der Waals surface area contributed by atoms with Crippen LogP contribution in [-0.4, -0.2) is 52.9 Å². The smallest absolute Gasteiger partial charge is 0.145 e. The van der Waals surface area contributed by atoms with Crippen molar-refractivity contribution in [2.75, 3.05) is 45.8 Å². The van der Waals surface area contributed by atoms with Gasteiger partial charge in [-0.25, -0.2) is 4.99 Å². The molecule has 2 heterocycles. The molecule has 0 bridgehead atoms. The summed E-state index contributed by atoms with van der Waals surface area (Å²) in [6.07, 6.45) is 3.71. The Kier molecular flexibility index (Phi) is 7.20. The van der Waals surface area contributed by atoms with Crippen LogP contribution in [0.4, 0.5) is 11.4 Å². The number of aliphatic imine (C=N–C) groups is 1. The molecule has 2 aromatic carbocycles. The predicted octanol–water partition coefficient (Wildman–Crippen LogP) is 3.07. The topological polar surface area (TPSA) is 102 Å². The molecule has 0 saturated carbocycles. The van der Waals surface area contributed by atoms with Crippen molar-refractivity contribution in [2.24, 2.45) is 10.7 Å². The number of methoxy groups -OCH3 is 2. The first-order valence-electron chi connectivity index (χ1n) is 10.8. The van der Waals surface area contributed by atoms with Gasteiger partial charge in [0.15, 0.2) is 0 Å². The third-order valence-corrected chi connectivity index (χ3v) is 6.34. The number of nitrogens with zero attached hydrogens (tertiary/aromatic N) is 1. The Morgan fingerprint density at radius 1 is 1.12 bits per heavy atom. The minimum atomic E-state index is -1.03. The fourth-order valence-electron chi connectivity index (χ4n) is 4.14. The summed E-state index contributed by atoms with van der Waals surface area (Å²) in [4.78, 5) is 4.55. The molecular formula is C23H30BrN5O3. The first-order chi connectivity index (χ1) is 15.5. The Morgan fingerprint density at radius 2 is 1.94 bits per heavy atom. The lowest BCUT2D eigenvalue weighted by molar-refractivity contribution is 0.146. The quantitative estimate of drug-likeness (QED) is 0.410. The van der Waals surface area contributed by atoms with Crippen LogP contribution in [0.25, 0.3) is 0 Å². The van der Waals surface area contributed by atoms with E-state index in [9.17, 15) is 0 Å². The van der Waals surface area contributed by atoms with Gasteiger partial charge in [0.25, 0.3) is 0 Å². The highest BCUT2D eigenvalue weighted by Crippen LogP contribution is 2.43. The van der Waals surface area contributed by atoms with Gasteiger partial charge in [-0.3, -0.25) is 0 Å². The normalized spacial score (nSPS) is 20.4. The second-order valence-electron chi connectivity index (χ2n) is 7.93. The van der Waals surface area contributed by atoms with Gasteiger partial charge in [-0.15, -0.1) is 0 Å². The summed E-state index contributed by atoms with van der Waals surface area (Å²) < 4.78 is 17.8. The number of fused-ring (bicyclic) bond motifs is 1. The van der Waals surface area contributed by atoms with Crippen molar-refractivity contribution in [1.29, 1.82) is 0 Å². The van der Waals surface area contributed by atoms with Crippen LogP contribution in [0.5, 0.6) is 11.5 Å². The Morgan fingerprint density at radius 3 is 2.69 bits per heavy atom. The lowest BCUT2D eigenvalue weighted by Crippen LogP contribution is -2.52. The zero-order chi connectivity index (χ0) is 22.6. The average Bonchev–Trinajstić information content (AvgIpc) is 2.81. The van der Waals surface area contributed by atoms with Gasteiger partial charge in [0.1, 0.15) is 23.8 Å². The second-order valence-corrected chi connectivity index (χ2v) is 8.85. The van der Waals surface area contributed by atoms with Crippen molar-refractivity contribution in [3.8, 4) is 11.5 Å². The molecule has 5 N–H and O–H groups in total. The molecule has 2 aliphatic rings. The molecule has 8 nitrogen and oxygen atoms in total. The number of nitrogens with two attached hydrogens (primary N) is 1. The van der Waals surface area contributed by atoms with Gasteiger partial charge in [-0.05, 0) is 50.2 Å². The van der Waals surface area contributed by atoms with Gasteiger partial charge in [-0.2, -0.15) is 0 Å². The summed E-state index contributed by atoms with van der Waals surface area (Å²) in [6.45, 7) is 2.94. The maximum Gasteiger partial charge on any atom is 0.145 e. The van der Waals surface area contributed by atoms with Crippen molar-refractivity contribution in [1.82, 2.24) is 10.6 Å². The Hall–Kier alpha value is -2.33. The number of hydrogen-bond acceptors (Lipinski definition) is 8. The van der Waals surface area contributed by atoms with E-state index < -0.39 is 5.66 Å². The van der Waals surface area contributed by atoms with Gasteiger partial charge < -0.3 is 35.9 Å². The van der Waals surface area contributed by atoms with Gasteiger partial charge in [0.2, 0.25) is 0 Å². The Labute approximate surface area is 197 Å². The highest BCUT2D eigenvalue weighted by atomic mass is 79.9.